The number of hydrogen-bond donors (Lipinski definition) is 2. The van der Waals surface area contributed by atoms with Gasteiger partial charge in [-0.15, -0.1) is 0 Å². The zero-order valence-electron chi connectivity index (χ0n) is 17.5. The maximum Gasteiger partial charge on any atom is 0.141 e. The Morgan fingerprint density at radius 2 is 2.06 bits per heavy atom. The molecule has 0 saturated carbocycles. The van der Waals surface area contributed by atoms with Gasteiger partial charge in [0.05, 0.1) is 23.7 Å². The molecule has 162 valence electrons. The van der Waals surface area contributed by atoms with E-state index in [2.05, 4.69) is 32.2 Å². The molecule has 0 unspecified atom stereocenters. The fourth-order valence-electron chi connectivity index (χ4n) is 4.92. The Balaban J connectivity index is 1.34. The van der Waals surface area contributed by atoms with Gasteiger partial charge in [0, 0.05) is 41.0 Å². The molecule has 31 heavy (non-hydrogen) atoms. The summed E-state index contributed by atoms with van der Waals surface area (Å²) in [6.45, 7) is 4.20. The molecule has 0 aromatic carbocycles. The van der Waals surface area contributed by atoms with Crippen molar-refractivity contribution in [3.8, 4) is 22.8 Å². The molecule has 2 saturated heterocycles. The van der Waals surface area contributed by atoms with E-state index in [-0.39, 0.29) is 16.5 Å². The van der Waals surface area contributed by atoms with Crippen LogP contribution in [-0.2, 0) is 0 Å². The third kappa shape index (κ3) is 3.80. The molecule has 2 N–H and O–H groups in total. The number of alkyl halides is 1. The average molecular weight is 441 g/mol. The average Bonchev–Trinajstić information content (AvgIpc) is 3.27. The van der Waals surface area contributed by atoms with Crippen LogP contribution in [0.5, 0.6) is 5.75 Å². The van der Waals surface area contributed by atoms with Crippen LogP contribution in [0.15, 0.2) is 48.4 Å². The van der Waals surface area contributed by atoms with Gasteiger partial charge in [-0.2, -0.15) is 0 Å². The van der Waals surface area contributed by atoms with E-state index in [4.69, 9.17) is 0 Å². The summed E-state index contributed by atoms with van der Waals surface area (Å²) in [5.74, 6) is 0.621. The Kier molecular flexibility index (Phi) is 4.97. The van der Waals surface area contributed by atoms with Crippen LogP contribution in [0.3, 0.4) is 0 Å². The number of nitrogens with one attached hydrogen (secondary N) is 1. The van der Waals surface area contributed by atoms with Crippen molar-refractivity contribution in [2.45, 2.75) is 67.1 Å². The second kappa shape index (κ2) is 7.56. The van der Waals surface area contributed by atoms with E-state index >= 15 is 4.39 Å². The van der Waals surface area contributed by atoms with Gasteiger partial charge in [-0.05, 0) is 39.5 Å². The summed E-state index contributed by atoms with van der Waals surface area (Å²) >= 11 is 1.46. The van der Waals surface area contributed by atoms with Crippen molar-refractivity contribution >= 4 is 11.8 Å². The van der Waals surface area contributed by atoms with E-state index in [1.165, 1.54) is 11.8 Å². The number of halogens is 1. The lowest BCUT2D eigenvalue weighted by molar-refractivity contribution is 0.0230. The van der Waals surface area contributed by atoms with Crippen LogP contribution < -0.4 is 5.32 Å². The molecule has 5 rings (SSSR count). The third-order valence-corrected chi connectivity index (χ3v) is 7.57. The Hall–Kier alpha value is -2.52. The van der Waals surface area contributed by atoms with Crippen LogP contribution in [0.4, 0.5) is 4.39 Å². The lowest BCUT2D eigenvalue weighted by Crippen LogP contribution is -2.69. The number of thioether (sulfide) groups is 1. The number of nitrogens with zero attached hydrogens (tertiary/aromatic N) is 5. The van der Waals surface area contributed by atoms with E-state index in [1.54, 1.807) is 47.9 Å². The lowest BCUT2D eigenvalue weighted by Gasteiger charge is -2.55. The third-order valence-electron chi connectivity index (χ3n) is 6.41. The first kappa shape index (κ1) is 20.4. The van der Waals surface area contributed by atoms with E-state index in [0.717, 1.165) is 25.7 Å². The fourth-order valence-corrected chi connectivity index (χ4v) is 6.33. The van der Waals surface area contributed by atoms with Crippen molar-refractivity contribution in [1.29, 1.82) is 0 Å². The van der Waals surface area contributed by atoms with E-state index in [1.807, 2.05) is 6.92 Å². The van der Waals surface area contributed by atoms with Crippen molar-refractivity contribution in [3.63, 3.8) is 0 Å². The second-order valence-electron chi connectivity index (χ2n) is 8.99. The number of aromatic hydroxyl groups is 1. The summed E-state index contributed by atoms with van der Waals surface area (Å²) in [6.07, 6.45) is 12.6. The van der Waals surface area contributed by atoms with Crippen LogP contribution in [-0.4, -0.2) is 52.1 Å². The topological polar surface area (TPSA) is 88.8 Å². The minimum Gasteiger partial charge on any atom is -0.507 e. The Morgan fingerprint density at radius 3 is 2.77 bits per heavy atom. The molecule has 2 aliphatic heterocycles. The van der Waals surface area contributed by atoms with Crippen LogP contribution in [0.1, 0.15) is 39.5 Å². The molecule has 0 aliphatic carbocycles. The number of pyridine rings is 1. The predicted molar refractivity (Wildman–Crippen MR) is 117 cm³/mol. The van der Waals surface area contributed by atoms with Gasteiger partial charge >= 0.3 is 0 Å². The summed E-state index contributed by atoms with van der Waals surface area (Å²) in [5.41, 5.74) is 0.497. The highest BCUT2D eigenvalue weighted by Crippen LogP contribution is 2.46. The van der Waals surface area contributed by atoms with Crippen molar-refractivity contribution in [3.05, 3.63) is 43.4 Å². The summed E-state index contributed by atoms with van der Waals surface area (Å²) in [4.78, 5) is 17.3. The van der Waals surface area contributed by atoms with Crippen LogP contribution in [0.2, 0.25) is 0 Å². The van der Waals surface area contributed by atoms with E-state index < -0.39 is 11.7 Å². The van der Waals surface area contributed by atoms with Gasteiger partial charge in [-0.3, -0.25) is 9.55 Å². The molecule has 4 atom stereocenters. The molecule has 9 heteroatoms. The summed E-state index contributed by atoms with van der Waals surface area (Å²) in [5, 5.41) is 14.5. The van der Waals surface area contributed by atoms with Crippen molar-refractivity contribution < 1.29 is 9.50 Å². The number of rotatable bonds is 4. The highest BCUT2D eigenvalue weighted by Gasteiger charge is 2.52. The zero-order chi connectivity index (χ0) is 21.6. The van der Waals surface area contributed by atoms with Crippen molar-refractivity contribution in [2.24, 2.45) is 0 Å². The number of piperidine rings is 2. The lowest BCUT2D eigenvalue weighted by atomic mass is 9.70. The molecular formula is C22H25FN6OS. The summed E-state index contributed by atoms with van der Waals surface area (Å²) in [7, 11) is 0. The number of imidazole rings is 1. The Labute approximate surface area is 184 Å². The summed E-state index contributed by atoms with van der Waals surface area (Å²) < 4.78 is 17.0. The highest BCUT2D eigenvalue weighted by molar-refractivity contribution is 7.99. The largest absolute Gasteiger partial charge is 0.507 e. The Morgan fingerprint density at radius 1 is 1.19 bits per heavy atom. The second-order valence-corrected chi connectivity index (χ2v) is 10.2. The van der Waals surface area contributed by atoms with Gasteiger partial charge in [0.1, 0.15) is 29.1 Å². The molecule has 0 amide bonds. The maximum absolute atomic E-state index is 15.3. The molecule has 7 nitrogen and oxygen atoms in total. The molecule has 0 spiro atoms. The summed E-state index contributed by atoms with van der Waals surface area (Å²) in [6, 6.07) is 1.56. The number of fused-ring (bicyclic) bond motifs is 2. The van der Waals surface area contributed by atoms with Gasteiger partial charge in [0.25, 0.3) is 0 Å². The van der Waals surface area contributed by atoms with E-state index in [9.17, 15) is 5.11 Å². The maximum atomic E-state index is 15.3. The molecule has 3 aromatic rings. The van der Waals surface area contributed by atoms with Crippen LogP contribution >= 0.6 is 11.8 Å². The molecule has 2 fully saturated rings. The molecule has 3 aromatic heterocycles. The SMILES string of the molecule is C[C@]12CCC[C@](C)(N1)[C@@H](F)[C@H](Sc1cnc(-c3cnc(-n4ccnc4)cc3O)cn1)C2. The molecule has 0 radical (unpaired) electrons. The molecule has 5 heterocycles. The number of hydrogen-bond acceptors (Lipinski definition) is 7. The Bertz CT molecular complexity index is 1080. The van der Waals surface area contributed by atoms with Gasteiger partial charge in [-0.1, -0.05) is 11.8 Å². The first-order valence-corrected chi connectivity index (χ1v) is 11.3. The minimum atomic E-state index is -0.948. The standard InChI is InChI=1S/C22H25FN6OS/c1-21-4-3-5-22(2,28-21)20(23)17(9-21)31-19-12-25-15(11-27-19)14-10-26-18(8-16(14)30)29-7-6-24-13-29/h6-8,10-13,17,20,28H,3-5,9H2,1-2H3,(H,26,30)/t17-,20+,21-,22+/m1/s1. The van der Waals surface area contributed by atoms with Gasteiger partial charge < -0.3 is 10.4 Å². The van der Waals surface area contributed by atoms with E-state index in [0.29, 0.717) is 22.1 Å². The predicted octanol–water partition coefficient (Wildman–Crippen LogP) is 3.92. The van der Waals surface area contributed by atoms with Gasteiger partial charge in [-0.25, -0.2) is 19.3 Å². The van der Waals surface area contributed by atoms with Crippen molar-refractivity contribution in [1.82, 2.24) is 29.8 Å². The molecule has 2 bridgehead atoms. The minimum absolute atomic E-state index is 0.0327. The first-order chi connectivity index (χ1) is 14.9. The zero-order valence-corrected chi connectivity index (χ0v) is 18.3. The quantitative estimate of drug-likeness (QED) is 0.636. The van der Waals surface area contributed by atoms with Gasteiger partial charge in [0.15, 0.2) is 0 Å². The van der Waals surface area contributed by atoms with Gasteiger partial charge in [0.2, 0.25) is 0 Å². The monoisotopic (exact) mass is 440 g/mol. The van der Waals surface area contributed by atoms with Crippen LogP contribution in [0, 0.1) is 0 Å². The van der Waals surface area contributed by atoms with Crippen molar-refractivity contribution in [2.75, 3.05) is 0 Å². The first-order valence-electron chi connectivity index (χ1n) is 10.5. The molecular weight excluding hydrogens is 415 g/mol. The highest BCUT2D eigenvalue weighted by atomic mass is 32.2. The smallest absolute Gasteiger partial charge is 0.141 e. The number of aromatic nitrogens is 5. The normalized spacial score (nSPS) is 30.3. The fraction of sp³-hybridized carbons (Fsp3) is 0.455. The molecule has 2 aliphatic rings. The van der Waals surface area contributed by atoms with Crippen LogP contribution in [0.25, 0.3) is 17.1 Å².